The van der Waals surface area contributed by atoms with Gasteiger partial charge in [0.05, 0.1) is 11.7 Å². The molecule has 21 heavy (non-hydrogen) atoms. The molecule has 0 aliphatic heterocycles. The normalized spacial score (nSPS) is 14.0. The average molecular weight is 356 g/mol. The van der Waals surface area contributed by atoms with Crippen LogP contribution in [0.4, 0.5) is 8.78 Å². The van der Waals surface area contributed by atoms with Crippen LogP contribution in [0.25, 0.3) is 0 Å². The van der Waals surface area contributed by atoms with Gasteiger partial charge in [0.25, 0.3) is 0 Å². The van der Waals surface area contributed by atoms with Crippen molar-refractivity contribution in [3.8, 4) is 0 Å². The average Bonchev–Trinajstić information content (AvgIpc) is 2.46. The van der Waals surface area contributed by atoms with Gasteiger partial charge in [-0.05, 0) is 36.2 Å². The number of halogens is 3. The van der Waals surface area contributed by atoms with E-state index in [-0.39, 0.29) is 17.7 Å². The van der Waals surface area contributed by atoms with Gasteiger partial charge in [-0.2, -0.15) is 0 Å². The fourth-order valence-corrected chi connectivity index (χ4v) is 2.57. The van der Waals surface area contributed by atoms with Gasteiger partial charge in [-0.3, -0.25) is 0 Å². The van der Waals surface area contributed by atoms with Crippen molar-refractivity contribution < 1.29 is 13.9 Å². The second kappa shape index (κ2) is 6.64. The first kappa shape index (κ1) is 16.1. The highest BCUT2D eigenvalue weighted by Gasteiger charge is 2.27. The molecule has 2 rings (SSSR count). The van der Waals surface area contributed by atoms with Crippen LogP contribution >= 0.6 is 15.9 Å². The van der Waals surface area contributed by atoms with Gasteiger partial charge < -0.3 is 10.8 Å². The van der Waals surface area contributed by atoms with Crippen LogP contribution < -0.4 is 5.73 Å². The van der Waals surface area contributed by atoms with Crippen LogP contribution in [-0.4, -0.2) is 11.7 Å². The fraction of sp³-hybridized carbons (Fsp3) is 0.250. The molecule has 0 aliphatic carbocycles. The highest BCUT2D eigenvalue weighted by atomic mass is 79.9. The summed E-state index contributed by atoms with van der Waals surface area (Å²) in [6, 6.07) is 9.65. The van der Waals surface area contributed by atoms with E-state index in [1.807, 2.05) is 0 Å². The van der Waals surface area contributed by atoms with Crippen molar-refractivity contribution in [3.63, 3.8) is 0 Å². The van der Waals surface area contributed by atoms with Gasteiger partial charge in [0.2, 0.25) is 0 Å². The summed E-state index contributed by atoms with van der Waals surface area (Å²) in [6.45, 7) is 1.61. The van der Waals surface area contributed by atoms with Crippen LogP contribution in [0.5, 0.6) is 0 Å². The lowest BCUT2D eigenvalue weighted by atomic mass is 9.88. The number of aryl methyl sites for hydroxylation is 1. The van der Waals surface area contributed by atoms with Crippen LogP contribution in [0.1, 0.15) is 28.7 Å². The van der Waals surface area contributed by atoms with Gasteiger partial charge in [0, 0.05) is 16.9 Å². The van der Waals surface area contributed by atoms with Crippen LogP contribution in [-0.2, 0) is 0 Å². The first-order valence-corrected chi connectivity index (χ1v) is 7.33. The molecule has 0 amide bonds. The lowest BCUT2D eigenvalue weighted by molar-refractivity contribution is 0.138. The molecule has 2 unspecified atom stereocenters. The number of hydrogen-bond donors (Lipinski definition) is 2. The maximum absolute atomic E-state index is 14.1. The molecule has 0 spiro atoms. The van der Waals surface area contributed by atoms with Crippen molar-refractivity contribution in [1.29, 1.82) is 0 Å². The summed E-state index contributed by atoms with van der Waals surface area (Å²) in [7, 11) is 0. The van der Waals surface area contributed by atoms with E-state index in [0.29, 0.717) is 0 Å². The van der Waals surface area contributed by atoms with Gasteiger partial charge in [-0.25, -0.2) is 8.78 Å². The van der Waals surface area contributed by atoms with Crippen LogP contribution in [0, 0.1) is 18.6 Å². The molecule has 0 heterocycles. The highest BCUT2D eigenvalue weighted by molar-refractivity contribution is 9.10. The molecule has 0 aromatic heterocycles. The summed E-state index contributed by atoms with van der Waals surface area (Å²) in [5, 5.41) is 10.4. The fourth-order valence-electron chi connectivity index (χ4n) is 2.31. The Morgan fingerprint density at radius 1 is 1.14 bits per heavy atom. The third-order valence-electron chi connectivity index (χ3n) is 3.55. The van der Waals surface area contributed by atoms with Gasteiger partial charge in [0.1, 0.15) is 11.6 Å². The van der Waals surface area contributed by atoms with E-state index in [2.05, 4.69) is 15.9 Å². The van der Waals surface area contributed by atoms with Crippen molar-refractivity contribution >= 4 is 15.9 Å². The molecule has 112 valence electrons. The predicted octanol–water partition coefficient (Wildman–Crippen LogP) is 3.81. The SMILES string of the molecule is Cc1ccc(F)c(C(O)C(CN)c2ccc(Br)cc2)c1F. The van der Waals surface area contributed by atoms with Gasteiger partial charge in [0.15, 0.2) is 0 Å². The van der Waals surface area contributed by atoms with Crippen molar-refractivity contribution in [3.05, 3.63) is 69.2 Å². The molecule has 0 fully saturated rings. The molecule has 5 heteroatoms. The number of benzene rings is 2. The van der Waals surface area contributed by atoms with E-state index in [9.17, 15) is 13.9 Å². The molecule has 0 saturated carbocycles. The van der Waals surface area contributed by atoms with E-state index < -0.39 is 23.7 Å². The maximum Gasteiger partial charge on any atom is 0.134 e. The smallest absolute Gasteiger partial charge is 0.134 e. The number of hydrogen-bond acceptors (Lipinski definition) is 2. The molecule has 2 aromatic rings. The Kier molecular flexibility index (Phi) is 5.08. The van der Waals surface area contributed by atoms with E-state index in [1.165, 1.54) is 13.0 Å². The molecule has 3 N–H and O–H groups in total. The zero-order chi connectivity index (χ0) is 15.6. The first-order chi connectivity index (χ1) is 9.95. The van der Waals surface area contributed by atoms with E-state index >= 15 is 0 Å². The van der Waals surface area contributed by atoms with E-state index in [0.717, 1.165) is 16.1 Å². The largest absolute Gasteiger partial charge is 0.388 e. The van der Waals surface area contributed by atoms with Crippen LogP contribution in [0.15, 0.2) is 40.9 Å². The lowest BCUT2D eigenvalue weighted by Crippen LogP contribution is -2.22. The number of nitrogens with two attached hydrogens (primary N) is 1. The minimum atomic E-state index is -1.34. The van der Waals surface area contributed by atoms with Crippen molar-refractivity contribution in [2.75, 3.05) is 6.54 Å². The Morgan fingerprint density at radius 2 is 1.76 bits per heavy atom. The standard InChI is InChI=1S/C16H16BrF2NO/c1-9-2-7-13(18)14(15(9)19)16(21)12(8-20)10-3-5-11(17)6-4-10/h2-7,12,16,21H,8,20H2,1H3. The summed E-state index contributed by atoms with van der Waals surface area (Å²) in [6.07, 6.45) is -1.34. The minimum absolute atomic E-state index is 0.0790. The molecular formula is C16H16BrF2NO. The van der Waals surface area contributed by atoms with Gasteiger partial charge >= 0.3 is 0 Å². The molecule has 0 saturated heterocycles. The third kappa shape index (κ3) is 3.31. The Bertz CT molecular complexity index is 631. The van der Waals surface area contributed by atoms with Crippen molar-refractivity contribution in [2.45, 2.75) is 18.9 Å². The quantitative estimate of drug-likeness (QED) is 0.875. The molecule has 2 atom stereocenters. The number of aliphatic hydroxyl groups is 1. The maximum atomic E-state index is 14.1. The molecule has 2 aromatic carbocycles. The van der Waals surface area contributed by atoms with E-state index in [4.69, 9.17) is 5.73 Å². The summed E-state index contributed by atoms with van der Waals surface area (Å²) in [5.74, 6) is -2.07. The zero-order valence-electron chi connectivity index (χ0n) is 11.5. The summed E-state index contributed by atoms with van der Waals surface area (Å²) in [4.78, 5) is 0. The Hall–Kier alpha value is -1.30. The first-order valence-electron chi connectivity index (χ1n) is 6.53. The number of aliphatic hydroxyl groups excluding tert-OH is 1. The van der Waals surface area contributed by atoms with Crippen molar-refractivity contribution in [1.82, 2.24) is 0 Å². The monoisotopic (exact) mass is 355 g/mol. The zero-order valence-corrected chi connectivity index (χ0v) is 13.1. The molecule has 0 aliphatic rings. The minimum Gasteiger partial charge on any atom is -0.388 e. The van der Waals surface area contributed by atoms with Gasteiger partial charge in [-0.15, -0.1) is 0 Å². The molecule has 0 radical (unpaired) electrons. The van der Waals surface area contributed by atoms with Crippen LogP contribution in [0.2, 0.25) is 0 Å². The Morgan fingerprint density at radius 3 is 2.33 bits per heavy atom. The van der Waals surface area contributed by atoms with Crippen molar-refractivity contribution in [2.24, 2.45) is 5.73 Å². The third-order valence-corrected chi connectivity index (χ3v) is 4.08. The topological polar surface area (TPSA) is 46.2 Å². The Balaban J connectivity index is 2.43. The second-order valence-electron chi connectivity index (χ2n) is 4.93. The summed E-state index contributed by atoms with van der Waals surface area (Å²) >= 11 is 3.32. The summed E-state index contributed by atoms with van der Waals surface area (Å²) < 4.78 is 28.9. The molecular weight excluding hydrogens is 340 g/mol. The lowest BCUT2D eigenvalue weighted by Gasteiger charge is -2.23. The summed E-state index contributed by atoms with van der Waals surface area (Å²) in [5.41, 5.74) is 6.40. The Labute approximate surface area is 130 Å². The molecule has 0 bridgehead atoms. The molecule has 2 nitrogen and oxygen atoms in total. The number of rotatable bonds is 4. The van der Waals surface area contributed by atoms with Gasteiger partial charge in [-0.1, -0.05) is 34.1 Å². The van der Waals surface area contributed by atoms with Crippen LogP contribution in [0.3, 0.4) is 0 Å². The highest BCUT2D eigenvalue weighted by Crippen LogP contribution is 2.34. The second-order valence-corrected chi connectivity index (χ2v) is 5.85. The van der Waals surface area contributed by atoms with E-state index in [1.54, 1.807) is 24.3 Å². The predicted molar refractivity (Wildman–Crippen MR) is 82.0 cm³/mol.